The van der Waals surface area contributed by atoms with Gasteiger partial charge in [-0.05, 0) is 37.1 Å². The van der Waals surface area contributed by atoms with Gasteiger partial charge in [0.15, 0.2) is 0 Å². The summed E-state index contributed by atoms with van der Waals surface area (Å²) < 4.78 is 2.22. The fourth-order valence-electron chi connectivity index (χ4n) is 3.62. The van der Waals surface area contributed by atoms with Gasteiger partial charge in [0, 0.05) is 62.4 Å². The smallest absolute Gasteiger partial charge is 0.335 e. The fourth-order valence-corrected chi connectivity index (χ4v) is 3.62. The first-order valence-corrected chi connectivity index (χ1v) is 8.60. The van der Waals surface area contributed by atoms with E-state index in [9.17, 15) is 9.90 Å². The predicted octanol–water partition coefficient (Wildman–Crippen LogP) is 1.05. The molecule has 6 nitrogen and oxygen atoms in total. The summed E-state index contributed by atoms with van der Waals surface area (Å²) in [5.41, 5.74) is 9.65. The molecule has 0 atom stereocenters. The lowest BCUT2D eigenvalue weighted by atomic mass is 10.0. The Kier molecular flexibility index (Phi) is 5.18. The molecule has 3 rings (SSSR count). The largest absolute Gasteiger partial charge is 0.478 e. The van der Waals surface area contributed by atoms with Crippen molar-refractivity contribution in [2.75, 3.05) is 39.3 Å². The van der Waals surface area contributed by atoms with Crippen molar-refractivity contribution in [3.63, 3.8) is 0 Å². The maximum atomic E-state index is 11.3. The second-order valence-electron chi connectivity index (χ2n) is 6.38. The molecule has 1 aromatic carbocycles. The van der Waals surface area contributed by atoms with Crippen molar-refractivity contribution in [1.82, 2.24) is 14.8 Å². The maximum Gasteiger partial charge on any atom is 0.335 e. The molecule has 1 aliphatic rings. The van der Waals surface area contributed by atoms with Crippen LogP contribution >= 0.6 is 0 Å². The van der Waals surface area contributed by atoms with Gasteiger partial charge in [-0.1, -0.05) is 0 Å². The summed E-state index contributed by atoms with van der Waals surface area (Å²) in [6, 6.07) is 5.40. The normalized spacial score (nSPS) is 15.9. The number of nitrogens with one attached hydrogen (secondary N) is 1. The van der Waals surface area contributed by atoms with Gasteiger partial charge in [0.2, 0.25) is 0 Å². The van der Waals surface area contributed by atoms with Gasteiger partial charge in [-0.3, -0.25) is 0 Å². The molecule has 130 valence electrons. The van der Waals surface area contributed by atoms with Crippen molar-refractivity contribution in [2.45, 2.75) is 19.9 Å². The molecule has 4 N–H and O–H groups in total. The van der Waals surface area contributed by atoms with Crippen molar-refractivity contribution < 1.29 is 9.90 Å². The summed E-state index contributed by atoms with van der Waals surface area (Å²) in [6.45, 7) is 8.66. The van der Waals surface area contributed by atoms with Gasteiger partial charge in [0.25, 0.3) is 0 Å². The van der Waals surface area contributed by atoms with E-state index in [1.54, 1.807) is 6.07 Å². The summed E-state index contributed by atoms with van der Waals surface area (Å²) in [5.74, 6) is -0.880. The molecular formula is C18H26N4O2. The van der Waals surface area contributed by atoms with Crippen molar-refractivity contribution in [3.05, 3.63) is 35.0 Å². The third-order valence-electron chi connectivity index (χ3n) is 4.94. The standard InChI is InChI=1S/C18H26N4O2/c1-13-15(4-8-21-10-6-20-7-11-21)16-12-14(18(23)24)2-3-17(16)22(13)9-5-19/h2-3,12,20H,4-11,19H2,1H3,(H,23,24). The van der Waals surface area contributed by atoms with E-state index in [2.05, 4.69) is 21.7 Å². The second-order valence-corrected chi connectivity index (χ2v) is 6.38. The highest BCUT2D eigenvalue weighted by molar-refractivity contribution is 5.95. The van der Waals surface area contributed by atoms with Crippen LogP contribution in [0.15, 0.2) is 18.2 Å². The second kappa shape index (κ2) is 7.34. The number of piperazine rings is 1. The van der Waals surface area contributed by atoms with Crippen LogP contribution in [0.2, 0.25) is 0 Å². The van der Waals surface area contributed by atoms with Crippen LogP contribution in [0, 0.1) is 6.92 Å². The summed E-state index contributed by atoms with van der Waals surface area (Å²) in [6.07, 6.45) is 0.934. The van der Waals surface area contributed by atoms with Crippen LogP contribution in [0.25, 0.3) is 10.9 Å². The molecule has 2 heterocycles. The molecule has 1 aliphatic heterocycles. The van der Waals surface area contributed by atoms with E-state index in [0.29, 0.717) is 12.1 Å². The summed E-state index contributed by atoms with van der Waals surface area (Å²) >= 11 is 0. The van der Waals surface area contributed by atoms with Gasteiger partial charge in [-0.2, -0.15) is 0 Å². The lowest BCUT2D eigenvalue weighted by Crippen LogP contribution is -2.44. The lowest BCUT2D eigenvalue weighted by Gasteiger charge is -2.27. The summed E-state index contributed by atoms with van der Waals surface area (Å²) in [5, 5.41) is 13.7. The molecule has 1 saturated heterocycles. The summed E-state index contributed by atoms with van der Waals surface area (Å²) in [7, 11) is 0. The summed E-state index contributed by atoms with van der Waals surface area (Å²) in [4.78, 5) is 13.8. The highest BCUT2D eigenvalue weighted by Gasteiger charge is 2.17. The number of carbonyl (C=O) groups is 1. The SMILES string of the molecule is Cc1c(CCN2CCNCC2)c2cc(C(=O)O)ccc2n1CCN. The first kappa shape index (κ1) is 17.0. The molecule has 2 aromatic rings. The molecule has 0 amide bonds. The molecule has 0 saturated carbocycles. The van der Waals surface area contributed by atoms with Gasteiger partial charge in [0.1, 0.15) is 0 Å². The first-order valence-electron chi connectivity index (χ1n) is 8.60. The average Bonchev–Trinajstić information content (AvgIpc) is 2.85. The number of aromatic carboxylic acids is 1. The lowest BCUT2D eigenvalue weighted by molar-refractivity contribution is 0.0697. The number of aromatic nitrogens is 1. The Morgan fingerprint density at radius 3 is 2.71 bits per heavy atom. The molecule has 0 unspecified atom stereocenters. The zero-order chi connectivity index (χ0) is 17.1. The molecule has 1 aromatic heterocycles. The minimum absolute atomic E-state index is 0.343. The predicted molar refractivity (Wildman–Crippen MR) is 95.7 cm³/mol. The van der Waals surface area contributed by atoms with Crippen LogP contribution in [0.5, 0.6) is 0 Å². The van der Waals surface area contributed by atoms with Crippen LogP contribution < -0.4 is 11.1 Å². The molecule has 6 heteroatoms. The van der Waals surface area contributed by atoms with E-state index >= 15 is 0 Å². The van der Waals surface area contributed by atoms with Gasteiger partial charge in [0.05, 0.1) is 5.56 Å². The Balaban J connectivity index is 1.95. The highest BCUT2D eigenvalue weighted by atomic mass is 16.4. The van der Waals surface area contributed by atoms with Crippen LogP contribution in [0.4, 0.5) is 0 Å². The van der Waals surface area contributed by atoms with E-state index in [0.717, 1.165) is 56.6 Å². The molecular weight excluding hydrogens is 304 g/mol. The Morgan fingerprint density at radius 2 is 2.04 bits per heavy atom. The van der Waals surface area contributed by atoms with Crippen LogP contribution in [-0.2, 0) is 13.0 Å². The van der Waals surface area contributed by atoms with Crippen molar-refractivity contribution in [1.29, 1.82) is 0 Å². The number of rotatable bonds is 6. The highest BCUT2D eigenvalue weighted by Crippen LogP contribution is 2.27. The van der Waals surface area contributed by atoms with E-state index < -0.39 is 5.97 Å². The Hall–Kier alpha value is -1.89. The van der Waals surface area contributed by atoms with Crippen LogP contribution in [-0.4, -0.2) is 59.8 Å². The van der Waals surface area contributed by atoms with E-state index in [-0.39, 0.29) is 0 Å². The zero-order valence-corrected chi connectivity index (χ0v) is 14.2. The third-order valence-corrected chi connectivity index (χ3v) is 4.94. The topological polar surface area (TPSA) is 83.5 Å². The number of fused-ring (bicyclic) bond motifs is 1. The number of benzene rings is 1. The number of nitrogens with zero attached hydrogens (tertiary/aromatic N) is 2. The third kappa shape index (κ3) is 3.31. The Bertz CT molecular complexity index is 732. The van der Waals surface area contributed by atoms with Gasteiger partial charge >= 0.3 is 5.97 Å². The fraction of sp³-hybridized carbons (Fsp3) is 0.500. The van der Waals surface area contributed by atoms with Gasteiger partial charge in [-0.15, -0.1) is 0 Å². The van der Waals surface area contributed by atoms with E-state index in [1.165, 1.54) is 11.3 Å². The number of hydrogen-bond acceptors (Lipinski definition) is 4. The minimum atomic E-state index is -0.880. The monoisotopic (exact) mass is 330 g/mol. The number of hydrogen-bond donors (Lipinski definition) is 3. The molecule has 0 bridgehead atoms. The van der Waals surface area contributed by atoms with Crippen molar-refractivity contribution in [2.24, 2.45) is 5.73 Å². The molecule has 24 heavy (non-hydrogen) atoms. The number of carboxylic acids is 1. The zero-order valence-electron chi connectivity index (χ0n) is 14.2. The van der Waals surface area contributed by atoms with Crippen LogP contribution in [0.3, 0.4) is 0 Å². The average molecular weight is 330 g/mol. The minimum Gasteiger partial charge on any atom is -0.478 e. The van der Waals surface area contributed by atoms with Gasteiger partial charge in [-0.25, -0.2) is 4.79 Å². The molecule has 0 aliphatic carbocycles. The molecule has 0 spiro atoms. The quantitative estimate of drug-likeness (QED) is 0.737. The van der Waals surface area contributed by atoms with E-state index in [1.807, 2.05) is 12.1 Å². The van der Waals surface area contributed by atoms with Crippen molar-refractivity contribution in [3.8, 4) is 0 Å². The number of nitrogens with two attached hydrogens (primary N) is 1. The Morgan fingerprint density at radius 1 is 1.29 bits per heavy atom. The molecule has 1 fully saturated rings. The number of carboxylic acid groups (broad SMARTS) is 1. The maximum absolute atomic E-state index is 11.3. The molecule has 0 radical (unpaired) electrons. The van der Waals surface area contributed by atoms with E-state index in [4.69, 9.17) is 5.73 Å². The van der Waals surface area contributed by atoms with Crippen molar-refractivity contribution >= 4 is 16.9 Å². The first-order chi connectivity index (χ1) is 11.6. The van der Waals surface area contributed by atoms with Gasteiger partial charge < -0.3 is 25.6 Å². The Labute approximate surface area is 142 Å². The van der Waals surface area contributed by atoms with Crippen LogP contribution in [0.1, 0.15) is 21.6 Å².